The van der Waals surface area contributed by atoms with Crippen LogP contribution in [-0.4, -0.2) is 53.8 Å². The smallest absolute Gasteiger partial charge is 0.322 e. The molecular weight excluding hydrogens is 290 g/mol. The summed E-state index contributed by atoms with van der Waals surface area (Å²) in [5.74, 6) is -2.23. The minimum atomic E-state index is -1.13. The lowest BCUT2D eigenvalue weighted by atomic mass is 10.2. The summed E-state index contributed by atoms with van der Waals surface area (Å²) in [6.45, 7) is 0.822. The highest BCUT2D eigenvalue weighted by molar-refractivity contribution is 5.97. The summed E-state index contributed by atoms with van der Waals surface area (Å²) in [7, 11) is 1.51. The summed E-state index contributed by atoms with van der Waals surface area (Å²) in [5.41, 5.74) is 0.747. The lowest BCUT2D eigenvalue weighted by Gasteiger charge is -2.14. The highest BCUT2D eigenvalue weighted by Gasteiger charge is 2.10. The first kappa shape index (κ1) is 17.2. The van der Waals surface area contributed by atoms with E-state index < -0.39 is 18.4 Å². The summed E-state index contributed by atoms with van der Waals surface area (Å²) in [5, 5.41) is 13.3. The maximum absolute atomic E-state index is 11.7. The molecule has 0 aromatic heterocycles. The highest BCUT2D eigenvalue weighted by Crippen LogP contribution is 2.09. The van der Waals surface area contributed by atoms with Crippen LogP contribution in [-0.2, 0) is 14.4 Å². The minimum Gasteiger partial charge on any atom is -0.480 e. The number of carbonyl (C=O) groups excluding carboxylic acids is 3. The molecule has 0 bridgehead atoms. The number of likely N-dealkylation sites (N-methyl/N-ethyl adjacent to an activating group) is 1. The number of carboxylic acid groups (broad SMARTS) is 1. The summed E-state index contributed by atoms with van der Waals surface area (Å²) in [4.78, 5) is 45.9. The molecule has 1 aromatic rings. The summed E-state index contributed by atoms with van der Waals surface area (Å²) >= 11 is 0. The molecule has 118 valence electrons. The molecule has 1 aromatic carbocycles. The molecule has 8 nitrogen and oxygen atoms in total. The van der Waals surface area contributed by atoms with Crippen molar-refractivity contribution in [2.24, 2.45) is 0 Å². The number of hydrogen-bond acceptors (Lipinski definition) is 4. The maximum Gasteiger partial charge on any atom is 0.322 e. The first-order chi connectivity index (χ1) is 10.3. The Hall–Kier alpha value is -2.90. The molecule has 0 aliphatic heterocycles. The number of anilines is 1. The zero-order valence-corrected chi connectivity index (χ0v) is 12.3. The predicted octanol–water partition coefficient (Wildman–Crippen LogP) is -0.0822. The molecule has 0 radical (unpaired) electrons. The van der Waals surface area contributed by atoms with Crippen LogP contribution >= 0.6 is 0 Å². The van der Waals surface area contributed by atoms with E-state index in [0.717, 1.165) is 0 Å². The Morgan fingerprint density at radius 1 is 1.14 bits per heavy atom. The van der Waals surface area contributed by atoms with Gasteiger partial charge in [-0.15, -0.1) is 0 Å². The first-order valence-electron chi connectivity index (χ1n) is 6.41. The van der Waals surface area contributed by atoms with Crippen molar-refractivity contribution in [2.45, 2.75) is 6.92 Å². The minimum absolute atomic E-state index is 0.0732. The van der Waals surface area contributed by atoms with Crippen LogP contribution in [0.5, 0.6) is 0 Å². The number of benzene rings is 1. The second kappa shape index (κ2) is 7.77. The van der Waals surface area contributed by atoms with E-state index in [1.807, 2.05) is 0 Å². The second-order valence-electron chi connectivity index (χ2n) is 4.58. The number of rotatable bonds is 6. The molecule has 0 aliphatic carbocycles. The average molecular weight is 307 g/mol. The van der Waals surface area contributed by atoms with Gasteiger partial charge in [0, 0.05) is 25.2 Å². The molecule has 3 N–H and O–H groups in total. The molecule has 0 aliphatic rings. The van der Waals surface area contributed by atoms with Gasteiger partial charge in [-0.25, -0.2) is 0 Å². The van der Waals surface area contributed by atoms with Crippen molar-refractivity contribution in [3.8, 4) is 0 Å². The molecule has 22 heavy (non-hydrogen) atoms. The molecule has 0 unspecified atom stereocenters. The van der Waals surface area contributed by atoms with Gasteiger partial charge in [-0.05, 0) is 24.3 Å². The van der Waals surface area contributed by atoms with Crippen molar-refractivity contribution in [3.63, 3.8) is 0 Å². The van der Waals surface area contributed by atoms with Crippen molar-refractivity contribution in [3.05, 3.63) is 29.8 Å². The fraction of sp³-hybridized carbons (Fsp3) is 0.286. The zero-order valence-electron chi connectivity index (χ0n) is 12.3. The van der Waals surface area contributed by atoms with Crippen LogP contribution in [0.1, 0.15) is 17.3 Å². The van der Waals surface area contributed by atoms with E-state index in [-0.39, 0.29) is 23.9 Å². The number of aliphatic carboxylic acids is 1. The van der Waals surface area contributed by atoms with Gasteiger partial charge in [-0.2, -0.15) is 0 Å². The number of carboxylic acids is 1. The summed E-state index contributed by atoms with van der Waals surface area (Å²) < 4.78 is 0. The van der Waals surface area contributed by atoms with Crippen molar-refractivity contribution >= 4 is 29.4 Å². The highest BCUT2D eigenvalue weighted by atomic mass is 16.4. The predicted molar refractivity (Wildman–Crippen MR) is 78.4 cm³/mol. The normalized spacial score (nSPS) is 9.73. The molecular formula is C14H17N3O5. The number of amides is 3. The second-order valence-corrected chi connectivity index (χ2v) is 4.58. The molecule has 0 spiro atoms. The quantitative estimate of drug-likeness (QED) is 0.679. The summed E-state index contributed by atoms with van der Waals surface area (Å²) in [6.07, 6.45) is 0. The topological polar surface area (TPSA) is 116 Å². The van der Waals surface area contributed by atoms with Gasteiger partial charge in [0.15, 0.2) is 0 Å². The van der Waals surface area contributed by atoms with Gasteiger partial charge in [0.25, 0.3) is 5.91 Å². The Morgan fingerprint density at radius 3 is 2.23 bits per heavy atom. The summed E-state index contributed by atoms with van der Waals surface area (Å²) in [6, 6.07) is 5.95. The van der Waals surface area contributed by atoms with E-state index in [2.05, 4.69) is 10.6 Å². The van der Waals surface area contributed by atoms with Gasteiger partial charge in [0.1, 0.15) is 6.54 Å². The molecule has 1 rings (SSSR count). The van der Waals surface area contributed by atoms with Crippen LogP contribution in [0, 0.1) is 0 Å². The third kappa shape index (κ3) is 5.61. The Bertz CT molecular complexity index is 583. The van der Waals surface area contributed by atoms with Crippen LogP contribution in [0.25, 0.3) is 0 Å². The van der Waals surface area contributed by atoms with Gasteiger partial charge >= 0.3 is 5.97 Å². The van der Waals surface area contributed by atoms with E-state index >= 15 is 0 Å². The molecule has 0 heterocycles. The largest absolute Gasteiger partial charge is 0.480 e. The standard InChI is InChI=1S/C14H17N3O5/c1-9(18)17(2)8-12(19)16-11-5-3-10(4-6-11)14(22)15-7-13(20)21/h3-6H,7-8H2,1-2H3,(H,15,22)(H,16,19)(H,20,21). The number of nitrogens with zero attached hydrogens (tertiary/aromatic N) is 1. The van der Waals surface area contributed by atoms with Crippen LogP contribution in [0.3, 0.4) is 0 Å². The van der Waals surface area contributed by atoms with Gasteiger partial charge in [0.05, 0.1) is 6.54 Å². The van der Waals surface area contributed by atoms with Gasteiger partial charge < -0.3 is 20.6 Å². The molecule has 0 atom stereocenters. The maximum atomic E-state index is 11.7. The van der Waals surface area contributed by atoms with Gasteiger partial charge in [0.2, 0.25) is 11.8 Å². The fourth-order valence-corrected chi connectivity index (χ4v) is 1.49. The average Bonchev–Trinajstić information content (AvgIpc) is 2.45. The van der Waals surface area contributed by atoms with Crippen LogP contribution < -0.4 is 10.6 Å². The number of hydrogen-bond donors (Lipinski definition) is 3. The third-order valence-corrected chi connectivity index (χ3v) is 2.75. The monoisotopic (exact) mass is 307 g/mol. The Morgan fingerprint density at radius 2 is 1.73 bits per heavy atom. The first-order valence-corrected chi connectivity index (χ1v) is 6.41. The van der Waals surface area contributed by atoms with E-state index in [1.165, 1.54) is 43.1 Å². The lowest BCUT2D eigenvalue weighted by Crippen LogP contribution is -2.33. The lowest BCUT2D eigenvalue weighted by molar-refractivity contribution is -0.135. The van der Waals surface area contributed by atoms with Crippen molar-refractivity contribution < 1.29 is 24.3 Å². The molecule has 3 amide bonds. The number of carbonyl (C=O) groups is 4. The third-order valence-electron chi connectivity index (χ3n) is 2.75. The van der Waals surface area contributed by atoms with Crippen molar-refractivity contribution in [1.29, 1.82) is 0 Å². The molecule has 0 fully saturated rings. The van der Waals surface area contributed by atoms with E-state index in [1.54, 1.807) is 0 Å². The van der Waals surface area contributed by atoms with Gasteiger partial charge in [-0.1, -0.05) is 0 Å². The van der Waals surface area contributed by atoms with Gasteiger partial charge in [-0.3, -0.25) is 19.2 Å². The van der Waals surface area contributed by atoms with Crippen molar-refractivity contribution in [1.82, 2.24) is 10.2 Å². The van der Waals surface area contributed by atoms with Crippen molar-refractivity contribution in [2.75, 3.05) is 25.5 Å². The Balaban J connectivity index is 2.58. The molecule has 0 saturated carbocycles. The van der Waals surface area contributed by atoms with E-state index in [9.17, 15) is 19.2 Å². The Labute approximate surface area is 127 Å². The van der Waals surface area contributed by atoms with E-state index in [0.29, 0.717) is 5.69 Å². The number of nitrogens with one attached hydrogen (secondary N) is 2. The van der Waals surface area contributed by atoms with Crippen LogP contribution in [0.2, 0.25) is 0 Å². The van der Waals surface area contributed by atoms with Crippen LogP contribution in [0.4, 0.5) is 5.69 Å². The molecule has 0 saturated heterocycles. The fourth-order valence-electron chi connectivity index (χ4n) is 1.49. The Kier molecular flexibility index (Phi) is 6.06. The molecule has 8 heteroatoms. The van der Waals surface area contributed by atoms with Crippen LogP contribution in [0.15, 0.2) is 24.3 Å². The zero-order chi connectivity index (χ0) is 16.7. The van der Waals surface area contributed by atoms with E-state index in [4.69, 9.17) is 5.11 Å². The SMILES string of the molecule is CC(=O)N(C)CC(=O)Nc1ccc(C(=O)NCC(=O)O)cc1.